The first-order valence-electron chi connectivity index (χ1n) is 6.48. The largest absolute Gasteiger partial charge is 0.330 e. The minimum Gasteiger partial charge on any atom is -0.330 e. The van der Waals surface area contributed by atoms with Crippen LogP contribution in [0.2, 0.25) is 5.02 Å². The molecule has 100 valence electrons. The molecule has 0 amide bonds. The number of benzene rings is 1. The third-order valence-electron chi connectivity index (χ3n) is 3.82. The number of hydrogen-bond donors (Lipinski definition) is 1. The molecule has 1 aliphatic rings. The van der Waals surface area contributed by atoms with Crippen molar-refractivity contribution in [1.29, 1.82) is 0 Å². The monoisotopic (exact) mass is 330 g/mol. The average Bonchev–Trinajstić information content (AvgIpc) is 2.36. The molecule has 1 aromatic rings. The second kappa shape index (κ2) is 6.38. The van der Waals surface area contributed by atoms with Crippen molar-refractivity contribution >= 4 is 27.5 Å². The van der Waals surface area contributed by atoms with E-state index in [1.807, 2.05) is 18.2 Å². The second-order valence-corrected chi connectivity index (χ2v) is 6.48. The number of halogens is 2. The maximum absolute atomic E-state index is 6.07. The quantitative estimate of drug-likeness (QED) is 0.916. The Balaban J connectivity index is 2.09. The van der Waals surface area contributed by atoms with Gasteiger partial charge in [-0.2, -0.15) is 0 Å². The summed E-state index contributed by atoms with van der Waals surface area (Å²) in [6.07, 6.45) is 2.49. The lowest BCUT2D eigenvalue weighted by molar-refractivity contribution is 0.113. The highest BCUT2D eigenvalue weighted by Gasteiger charge is 2.24. The summed E-state index contributed by atoms with van der Waals surface area (Å²) >= 11 is 9.67. The Morgan fingerprint density at radius 3 is 2.94 bits per heavy atom. The van der Waals surface area contributed by atoms with Crippen LogP contribution in [-0.2, 0) is 6.54 Å². The van der Waals surface area contributed by atoms with Crippen LogP contribution < -0.4 is 5.73 Å². The SMILES string of the molecule is CC1CCC(CN)CN1Cc1cc(Cl)ccc1Br. The Kier molecular flexibility index (Phi) is 5.07. The van der Waals surface area contributed by atoms with E-state index >= 15 is 0 Å². The van der Waals surface area contributed by atoms with Crippen molar-refractivity contribution in [3.63, 3.8) is 0 Å². The lowest BCUT2D eigenvalue weighted by atomic mass is 9.93. The van der Waals surface area contributed by atoms with E-state index in [4.69, 9.17) is 17.3 Å². The Morgan fingerprint density at radius 1 is 1.44 bits per heavy atom. The predicted molar refractivity (Wildman–Crippen MR) is 80.8 cm³/mol. The van der Waals surface area contributed by atoms with Gasteiger partial charge in [0, 0.05) is 28.6 Å². The molecule has 0 radical (unpaired) electrons. The van der Waals surface area contributed by atoms with Crippen LogP contribution in [0, 0.1) is 5.92 Å². The van der Waals surface area contributed by atoms with Crippen LogP contribution in [0.5, 0.6) is 0 Å². The maximum Gasteiger partial charge on any atom is 0.0410 e. The van der Waals surface area contributed by atoms with Gasteiger partial charge < -0.3 is 5.73 Å². The van der Waals surface area contributed by atoms with E-state index in [2.05, 4.69) is 27.8 Å². The predicted octanol–water partition coefficient (Wildman–Crippen LogP) is 3.66. The Morgan fingerprint density at radius 2 is 2.22 bits per heavy atom. The first kappa shape index (κ1) is 14.3. The van der Waals surface area contributed by atoms with Crippen LogP contribution in [0.25, 0.3) is 0 Å². The molecule has 1 aliphatic heterocycles. The molecule has 2 unspecified atom stereocenters. The minimum absolute atomic E-state index is 0.624. The van der Waals surface area contributed by atoms with Crippen molar-refractivity contribution in [2.24, 2.45) is 11.7 Å². The smallest absolute Gasteiger partial charge is 0.0410 e. The lowest BCUT2D eigenvalue weighted by Gasteiger charge is -2.37. The molecule has 1 fully saturated rings. The van der Waals surface area contributed by atoms with E-state index < -0.39 is 0 Å². The highest BCUT2D eigenvalue weighted by Crippen LogP contribution is 2.27. The third-order valence-corrected chi connectivity index (χ3v) is 4.83. The van der Waals surface area contributed by atoms with Crippen LogP contribution in [0.4, 0.5) is 0 Å². The molecule has 2 atom stereocenters. The molecule has 0 bridgehead atoms. The van der Waals surface area contributed by atoms with Gasteiger partial charge in [0.2, 0.25) is 0 Å². The molecular weight excluding hydrogens is 312 g/mol. The molecule has 0 spiro atoms. The van der Waals surface area contributed by atoms with Crippen molar-refractivity contribution in [3.8, 4) is 0 Å². The van der Waals surface area contributed by atoms with Gasteiger partial charge in [0.15, 0.2) is 0 Å². The third kappa shape index (κ3) is 3.47. The summed E-state index contributed by atoms with van der Waals surface area (Å²) < 4.78 is 1.13. The van der Waals surface area contributed by atoms with Gasteiger partial charge in [0.25, 0.3) is 0 Å². The summed E-state index contributed by atoms with van der Waals surface area (Å²) in [5.74, 6) is 0.638. The normalized spacial score (nSPS) is 25.3. The van der Waals surface area contributed by atoms with Crippen molar-refractivity contribution < 1.29 is 0 Å². The van der Waals surface area contributed by atoms with Crippen molar-refractivity contribution in [1.82, 2.24) is 4.90 Å². The molecule has 1 heterocycles. The van der Waals surface area contributed by atoms with E-state index in [1.165, 1.54) is 18.4 Å². The van der Waals surface area contributed by atoms with E-state index in [0.29, 0.717) is 12.0 Å². The molecule has 4 heteroatoms. The van der Waals surface area contributed by atoms with Gasteiger partial charge in [-0.1, -0.05) is 27.5 Å². The number of rotatable bonds is 3. The summed E-state index contributed by atoms with van der Waals surface area (Å²) in [6.45, 7) is 5.13. The van der Waals surface area contributed by atoms with Gasteiger partial charge in [-0.25, -0.2) is 0 Å². The van der Waals surface area contributed by atoms with Crippen molar-refractivity contribution in [2.45, 2.75) is 32.4 Å². The van der Waals surface area contributed by atoms with Gasteiger partial charge in [0.1, 0.15) is 0 Å². The molecule has 1 saturated heterocycles. The first-order chi connectivity index (χ1) is 8.60. The molecular formula is C14H20BrClN2. The molecule has 18 heavy (non-hydrogen) atoms. The Bertz CT molecular complexity index is 411. The second-order valence-electron chi connectivity index (χ2n) is 5.19. The number of nitrogens with zero attached hydrogens (tertiary/aromatic N) is 1. The minimum atomic E-state index is 0.624. The van der Waals surface area contributed by atoms with Gasteiger partial charge in [0.05, 0.1) is 0 Å². The Hall–Kier alpha value is -0.0900. The zero-order chi connectivity index (χ0) is 13.1. The molecule has 0 saturated carbocycles. The molecule has 0 aliphatic carbocycles. The molecule has 2 rings (SSSR count). The fourth-order valence-electron chi connectivity index (χ4n) is 2.56. The summed E-state index contributed by atoms with van der Waals surface area (Å²) in [7, 11) is 0. The highest BCUT2D eigenvalue weighted by atomic mass is 79.9. The molecule has 1 aromatic carbocycles. The molecule has 0 aromatic heterocycles. The molecule has 2 N–H and O–H groups in total. The summed E-state index contributed by atoms with van der Waals surface area (Å²) in [5.41, 5.74) is 7.06. The summed E-state index contributed by atoms with van der Waals surface area (Å²) in [5, 5.41) is 0.799. The standard InChI is InChI=1S/C14H20BrClN2/c1-10-2-3-11(7-17)8-18(10)9-12-6-13(16)4-5-14(12)15/h4-6,10-11H,2-3,7-9,17H2,1H3. The first-order valence-corrected chi connectivity index (χ1v) is 7.65. The molecule has 2 nitrogen and oxygen atoms in total. The topological polar surface area (TPSA) is 29.3 Å². The summed E-state index contributed by atoms with van der Waals surface area (Å²) in [4.78, 5) is 2.51. The van der Waals surface area contributed by atoms with Crippen LogP contribution in [-0.4, -0.2) is 24.0 Å². The zero-order valence-electron chi connectivity index (χ0n) is 10.7. The number of nitrogens with two attached hydrogens (primary N) is 1. The zero-order valence-corrected chi connectivity index (χ0v) is 13.0. The van der Waals surface area contributed by atoms with Crippen molar-refractivity contribution in [3.05, 3.63) is 33.3 Å². The van der Waals surface area contributed by atoms with Gasteiger partial charge >= 0.3 is 0 Å². The fourth-order valence-corrected chi connectivity index (χ4v) is 3.13. The fraction of sp³-hybridized carbons (Fsp3) is 0.571. The van der Waals surface area contributed by atoms with Crippen LogP contribution in [0.15, 0.2) is 22.7 Å². The number of hydrogen-bond acceptors (Lipinski definition) is 2. The lowest BCUT2D eigenvalue weighted by Crippen LogP contribution is -2.43. The van der Waals surface area contributed by atoms with Crippen LogP contribution >= 0.6 is 27.5 Å². The van der Waals surface area contributed by atoms with E-state index in [9.17, 15) is 0 Å². The summed E-state index contributed by atoms with van der Waals surface area (Å²) in [6, 6.07) is 6.60. The number of piperidine rings is 1. The van der Waals surface area contributed by atoms with Crippen LogP contribution in [0.1, 0.15) is 25.3 Å². The Labute approximate surface area is 123 Å². The van der Waals surface area contributed by atoms with E-state index in [-0.39, 0.29) is 0 Å². The van der Waals surface area contributed by atoms with Gasteiger partial charge in [-0.15, -0.1) is 0 Å². The van der Waals surface area contributed by atoms with E-state index in [1.54, 1.807) is 0 Å². The van der Waals surface area contributed by atoms with Gasteiger partial charge in [-0.05, 0) is 56.0 Å². The van der Waals surface area contributed by atoms with E-state index in [0.717, 1.165) is 29.1 Å². The van der Waals surface area contributed by atoms with Crippen molar-refractivity contribution in [2.75, 3.05) is 13.1 Å². The average molecular weight is 332 g/mol. The maximum atomic E-state index is 6.07. The van der Waals surface area contributed by atoms with Gasteiger partial charge in [-0.3, -0.25) is 4.90 Å². The van der Waals surface area contributed by atoms with Crippen LogP contribution in [0.3, 0.4) is 0 Å². The highest BCUT2D eigenvalue weighted by molar-refractivity contribution is 9.10. The number of likely N-dealkylation sites (tertiary alicyclic amines) is 1.